The maximum Gasteiger partial charge on any atom is 0.227 e. The summed E-state index contributed by atoms with van der Waals surface area (Å²) < 4.78 is 0. The van der Waals surface area contributed by atoms with Gasteiger partial charge in [-0.1, -0.05) is 6.92 Å². The number of hydrogen-bond donors (Lipinski definition) is 1. The van der Waals surface area contributed by atoms with Crippen LogP contribution >= 0.6 is 0 Å². The second kappa shape index (κ2) is 3.90. The first-order valence-corrected chi connectivity index (χ1v) is 4.62. The summed E-state index contributed by atoms with van der Waals surface area (Å²) in [5, 5.41) is 3.23. The zero-order valence-electron chi connectivity index (χ0n) is 8.13. The van der Waals surface area contributed by atoms with Crippen LogP contribution in [0, 0.1) is 11.8 Å². The predicted molar refractivity (Wildman–Crippen MR) is 48.8 cm³/mol. The van der Waals surface area contributed by atoms with Gasteiger partial charge >= 0.3 is 0 Å². The van der Waals surface area contributed by atoms with Crippen molar-refractivity contribution in [1.82, 2.24) is 10.2 Å². The molecule has 70 valence electrons. The van der Waals surface area contributed by atoms with Crippen LogP contribution in [0.4, 0.5) is 0 Å². The Labute approximate surface area is 74.1 Å². The van der Waals surface area contributed by atoms with Gasteiger partial charge in [0.1, 0.15) is 0 Å². The van der Waals surface area contributed by atoms with Crippen molar-refractivity contribution in [2.24, 2.45) is 11.8 Å². The van der Waals surface area contributed by atoms with E-state index < -0.39 is 0 Å². The highest BCUT2D eigenvalue weighted by Crippen LogP contribution is 2.17. The molecule has 0 radical (unpaired) electrons. The Kier molecular flexibility index (Phi) is 3.09. The maximum atomic E-state index is 11.7. The zero-order valence-corrected chi connectivity index (χ0v) is 8.13. The van der Waals surface area contributed by atoms with Crippen molar-refractivity contribution in [2.45, 2.75) is 13.8 Å². The van der Waals surface area contributed by atoms with Gasteiger partial charge in [0.2, 0.25) is 5.91 Å². The zero-order chi connectivity index (χ0) is 9.14. The quantitative estimate of drug-likeness (QED) is 0.647. The number of rotatable bonds is 2. The van der Waals surface area contributed by atoms with Crippen molar-refractivity contribution in [3.63, 3.8) is 0 Å². The van der Waals surface area contributed by atoms with Gasteiger partial charge in [-0.3, -0.25) is 4.79 Å². The monoisotopic (exact) mass is 170 g/mol. The van der Waals surface area contributed by atoms with Crippen LogP contribution in [0.5, 0.6) is 0 Å². The van der Waals surface area contributed by atoms with Crippen LogP contribution in [0.1, 0.15) is 13.8 Å². The van der Waals surface area contributed by atoms with Crippen LogP contribution in [-0.2, 0) is 4.79 Å². The van der Waals surface area contributed by atoms with E-state index in [4.69, 9.17) is 0 Å². The lowest BCUT2D eigenvalue weighted by Crippen LogP contribution is -2.35. The van der Waals surface area contributed by atoms with Crippen molar-refractivity contribution >= 4 is 5.91 Å². The molecule has 1 aliphatic rings. The Morgan fingerprint density at radius 1 is 1.58 bits per heavy atom. The molecule has 3 nitrogen and oxygen atoms in total. The standard InChI is InChI=1S/C9H18N2O/c1-4-11(3)9(12)8-6-10-5-7(8)2/h7-8,10H,4-6H2,1-3H3/t7-,8-/m1/s1. The summed E-state index contributed by atoms with van der Waals surface area (Å²) in [6.07, 6.45) is 0. The van der Waals surface area contributed by atoms with Gasteiger partial charge in [-0.2, -0.15) is 0 Å². The van der Waals surface area contributed by atoms with Gasteiger partial charge in [0.25, 0.3) is 0 Å². The van der Waals surface area contributed by atoms with Gasteiger partial charge in [-0.25, -0.2) is 0 Å². The molecule has 0 saturated carbocycles. The highest BCUT2D eigenvalue weighted by atomic mass is 16.2. The van der Waals surface area contributed by atoms with E-state index >= 15 is 0 Å². The molecule has 0 bridgehead atoms. The van der Waals surface area contributed by atoms with Crippen LogP contribution in [0.3, 0.4) is 0 Å². The molecular formula is C9H18N2O. The fourth-order valence-corrected chi connectivity index (χ4v) is 1.58. The average Bonchev–Trinajstić information content (AvgIpc) is 2.48. The Bertz CT molecular complexity index is 170. The van der Waals surface area contributed by atoms with Crippen LogP contribution in [-0.4, -0.2) is 37.5 Å². The van der Waals surface area contributed by atoms with E-state index in [1.165, 1.54) is 0 Å². The molecule has 0 aromatic heterocycles. The van der Waals surface area contributed by atoms with Gasteiger partial charge < -0.3 is 10.2 Å². The Balaban J connectivity index is 2.51. The summed E-state index contributed by atoms with van der Waals surface area (Å²) >= 11 is 0. The molecule has 1 N–H and O–H groups in total. The number of amides is 1. The molecule has 0 aromatic rings. The molecular weight excluding hydrogens is 152 g/mol. The Morgan fingerprint density at radius 2 is 2.25 bits per heavy atom. The first kappa shape index (κ1) is 9.52. The maximum absolute atomic E-state index is 11.7. The highest BCUT2D eigenvalue weighted by Gasteiger charge is 2.30. The fourth-order valence-electron chi connectivity index (χ4n) is 1.58. The highest BCUT2D eigenvalue weighted by molar-refractivity contribution is 5.79. The van der Waals surface area contributed by atoms with E-state index in [-0.39, 0.29) is 11.8 Å². The van der Waals surface area contributed by atoms with E-state index in [1.54, 1.807) is 4.90 Å². The number of nitrogens with zero attached hydrogens (tertiary/aromatic N) is 1. The predicted octanol–water partition coefficient (Wildman–Crippen LogP) is 0.320. The van der Waals surface area contributed by atoms with Crippen molar-refractivity contribution < 1.29 is 4.79 Å². The summed E-state index contributed by atoms with van der Waals surface area (Å²) in [5.74, 6) is 0.983. The molecule has 3 heteroatoms. The molecule has 1 rings (SSSR count). The molecule has 0 unspecified atom stereocenters. The lowest BCUT2D eigenvalue weighted by molar-refractivity contribution is -0.134. The molecule has 1 aliphatic heterocycles. The Morgan fingerprint density at radius 3 is 2.67 bits per heavy atom. The van der Waals surface area contributed by atoms with Crippen LogP contribution in [0.25, 0.3) is 0 Å². The molecule has 0 spiro atoms. The average molecular weight is 170 g/mol. The summed E-state index contributed by atoms with van der Waals surface area (Å²) in [6.45, 7) is 6.78. The SMILES string of the molecule is CCN(C)C(=O)[C@@H]1CNC[C@H]1C. The summed E-state index contributed by atoms with van der Waals surface area (Å²) in [4.78, 5) is 13.5. The van der Waals surface area contributed by atoms with E-state index in [2.05, 4.69) is 12.2 Å². The van der Waals surface area contributed by atoms with Crippen molar-refractivity contribution in [1.29, 1.82) is 0 Å². The van der Waals surface area contributed by atoms with Gasteiger partial charge in [-0.05, 0) is 19.4 Å². The normalized spacial score (nSPS) is 28.9. The minimum absolute atomic E-state index is 0.204. The molecule has 1 heterocycles. The lowest BCUT2D eigenvalue weighted by Gasteiger charge is -2.21. The fraction of sp³-hybridized carbons (Fsp3) is 0.889. The van der Waals surface area contributed by atoms with E-state index in [9.17, 15) is 4.79 Å². The Hall–Kier alpha value is -0.570. The van der Waals surface area contributed by atoms with E-state index in [0.29, 0.717) is 5.92 Å². The van der Waals surface area contributed by atoms with Gasteiger partial charge in [-0.15, -0.1) is 0 Å². The molecule has 0 aliphatic carbocycles. The smallest absolute Gasteiger partial charge is 0.227 e. The second-order valence-electron chi connectivity index (χ2n) is 3.59. The van der Waals surface area contributed by atoms with Gasteiger partial charge in [0.15, 0.2) is 0 Å². The molecule has 1 fully saturated rings. The number of carbonyl (C=O) groups is 1. The summed E-state index contributed by atoms with van der Waals surface area (Å²) in [5.41, 5.74) is 0. The minimum atomic E-state index is 0.204. The first-order valence-electron chi connectivity index (χ1n) is 4.62. The van der Waals surface area contributed by atoms with Gasteiger partial charge in [0, 0.05) is 20.1 Å². The number of nitrogens with one attached hydrogen (secondary N) is 1. The number of carbonyl (C=O) groups excluding carboxylic acids is 1. The van der Waals surface area contributed by atoms with Crippen LogP contribution in [0.15, 0.2) is 0 Å². The lowest BCUT2D eigenvalue weighted by atomic mass is 9.97. The molecule has 1 amide bonds. The van der Waals surface area contributed by atoms with Crippen molar-refractivity contribution in [3.05, 3.63) is 0 Å². The summed E-state index contributed by atoms with van der Waals surface area (Å²) in [6, 6.07) is 0. The molecule has 2 atom stereocenters. The third-order valence-electron chi connectivity index (χ3n) is 2.69. The third-order valence-corrected chi connectivity index (χ3v) is 2.69. The van der Waals surface area contributed by atoms with E-state index in [0.717, 1.165) is 19.6 Å². The van der Waals surface area contributed by atoms with Crippen molar-refractivity contribution in [3.8, 4) is 0 Å². The first-order chi connectivity index (χ1) is 5.66. The third kappa shape index (κ3) is 1.78. The van der Waals surface area contributed by atoms with Crippen molar-refractivity contribution in [2.75, 3.05) is 26.7 Å². The molecule has 0 aromatic carbocycles. The number of hydrogen-bond acceptors (Lipinski definition) is 2. The summed E-state index contributed by atoms with van der Waals surface area (Å²) in [7, 11) is 1.87. The second-order valence-corrected chi connectivity index (χ2v) is 3.59. The van der Waals surface area contributed by atoms with E-state index in [1.807, 2.05) is 14.0 Å². The van der Waals surface area contributed by atoms with Gasteiger partial charge in [0.05, 0.1) is 5.92 Å². The molecule has 1 saturated heterocycles. The van der Waals surface area contributed by atoms with Crippen LogP contribution < -0.4 is 5.32 Å². The topological polar surface area (TPSA) is 32.3 Å². The largest absolute Gasteiger partial charge is 0.346 e. The van der Waals surface area contributed by atoms with Crippen LogP contribution in [0.2, 0.25) is 0 Å². The molecule has 12 heavy (non-hydrogen) atoms. The minimum Gasteiger partial charge on any atom is -0.346 e.